The Hall–Kier alpha value is -2.82. The monoisotopic (exact) mass is 440 g/mol. The Labute approximate surface area is 181 Å². The standard InChI is InChI=1S/C20H16N4O4S2/c1-23-10-14(11-6-8-12(9-7-11)24(27)28)20(17(26)22-18(29)30-20)19(23)13-4-2-3-5-15(13)21-16(19)25/h2-9,14H,10H2,1H3,(H,21,25)(H,22,26,29)/t14-,19+,20-/m1/s1. The van der Waals surface area contributed by atoms with Crippen LogP contribution in [0.15, 0.2) is 48.5 Å². The quantitative estimate of drug-likeness (QED) is 0.420. The molecule has 2 N–H and O–H groups in total. The van der Waals surface area contributed by atoms with Gasteiger partial charge >= 0.3 is 0 Å². The third-order valence-electron chi connectivity index (χ3n) is 6.26. The number of likely N-dealkylation sites (N-methyl/N-ethyl adjacent to an activating group) is 1. The molecular weight excluding hydrogens is 424 g/mol. The van der Waals surface area contributed by atoms with Crippen LogP contribution in [0.1, 0.15) is 17.0 Å². The van der Waals surface area contributed by atoms with E-state index < -0.39 is 21.1 Å². The third kappa shape index (κ3) is 2.18. The number of hydrogen-bond acceptors (Lipinski definition) is 7. The van der Waals surface area contributed by atoms with Crippen LogP contribution in [-0.2, 0) is 15.1 Å². The number of nitro benzene ring substituents is 1. The smallest absolute Gasteiger partial charge is 0.269 e. The maximum Gasteiger partial charge on any atom is 0.269 e. The van der Waals surface area contributed by atoms with E-state index in [-0.39, 0.29) is 17.5 Å². The second-order valence-electron chi connectivity index (χ2n) is 7.57. The van der Waals surface area contributed by atoms with Gasteiger partial charge in [0.1, 0.15) is 9.07 Å². The van der Waals surface area contributed by atoms with Gasteiger partial charge in [0.05, 0.1) is 4.92 Å². The molecule has 0 radical (unpaired) electrons. The van der Waals surface area contributed by atoms with Crippen LogP contribution in [0, 0.1) is 10.1 Å². The lowest BCUT2D eigenvalue weighted by molar-refractivity contribution is -0.384. The van der Waals surface area contributed by atoms with Crippen molar-refractivity contribution in [3.8, 4) is 0 Å². The van der Waals surface area contributed by atoms with E-state index in [0.29, 0.717) is 16.6 Å². The summed E-state index contributed by atoms with van der Waals surface area (Å²) in [6.45, 7) is 0.405. The van der Waals surface area contributed by atoms with E-state index in [4.69, 9.17) is 12.2 Å². The highest BCUT2D eigenvalue weighted by molar-refractivity contribution is 8.25. The van der Waals surface area contributed by atoms with Crippen molar-refractivity contribution in [1.82, 2.24) is 10.2 Å². The molecule has 2 fully saturated rings. The molecule has 0 bridgehead atoms. The van der Waals surface area contributed by atoms with Gasteiger partial charge in [-0.2, -0.15) is 0 Å². The van der Waals surface area contributed by atoms with Gasteiger partial charge in [0.25, 0.3) is 11.6 Å². The van der Waals surface area contributed by atoms with Gasteiger partial charge in [0.2, 0.25) is 5.91 Å². The van der Waals surface area contributed by atoms with Gasteiger partial charge in [0, 0.05) is 35.8 Å². The fourth-order valence-electron chi connectivity index (χ4n) is 5.11. The van der Waals surface area contributed by atoms with E-state index in [2.05, 4.69) is 10.6 Å². The van der Waals surface area contributed by atoms with Crippen LogP contribution < -0.4 is 10.6 Å². The van der Waals surface area contributed by atoms with Gasteiger partial charge in [-0.3, -0.25) is 24.6 Å². The Morgan fingerprint density at radius 2 is 1.83 bits per heavy atom. The summed E-state index contributed by atoms with van der Waals surface area (Å²) in [5.74, 6) is -1.01. The fourth-order valence-corrected chi connectivity index (χ4v) is 7.03. The van der Waals surface area contributed by atoms with Crippen LogP contribution in [0.25, 0.3) is 0 Å². The van der Waals surface area contributed by atoms with Gasteiger partial charge in [-0.15, -0.1) is 0 Å². The molecule has 8 nitrogen and oxygen atoms in total. The molecule has 152 valence electrons. The highest BCUT2D eigenvalue weighted by atomic mass is 32.2. The molecular formula is C20H16N4O4S2. The number of hydrogen-bond donors (Lipinski definition) is 2. The zero-order valence-corrected chi connectivity index (χ0v) is 17.4. The molecule has 2 spiro atoms. The highest BCUT2D eigenvalue weighted by Crippen LogP contribution is 2.64. The summed E-state index contributed by atoms with van der Waals surface area (Å²) in [4.78, 5) is 39.5. The van der Waals surface area contributed by atoms with Crippen molar-refractivity contribution in [3.05, 3.63) is 69.8 Å². The minimum atomic E-state index is -1.26. The Balaban J connectivity index is 1.76. The lowest BCUT2D eigenvalue weighted by Gasteiger charge is -2.41. The predicted molar refractivity (Wildman–Crippen MR) is 116 cm³/mol. The molecule has 2 amide bonds. The number of nitrogens with zero attached hydrogens (tertiary/aromatic N) is 2. The molecule has 5 rings (SSSR count). The molecule has 0 unspecified atom stereocenters. The average Bonchev–Trinajstić information content (AvgIpc) is 3.28. The van der Waals surface area contributed by atoms with E-state index in [1.54, 1.807) is 12.1 Å². The van der Waals surface area contributed by atoms with Gasteiger partial charge in [-0.05, 0) is 18.7 Å². The Kier molecular flexibility index (Phi) is 4.05. The van der Waals surface area contributed by atoms with Crippen molar-refractivity contribution in [3.63, 3.8) is 0 Å². The first-order valence-electron chi connectivity index (χ1n) is 9.23. The molecule has 2 aromatic carbocycles. The van der Waals surface area contributed by atoms with Gasteiger partial charge in [-0.1, -0.05) is 54.3 Å². The summed E-state index contributed by atoms with van der Waals surface area (Å²) in [6.07, 6.45) is 0. The Morgan fingerprint density at radius 1 is 1.13 bits per heavy atom. The number of anilines is 1. The number of para-hydroxylation sites is 1. The molecule has 3 aliphatic heterocycles. The topological polar surface area (TPSA) is 105 Å². The number of thiocarbonyl (C=S) groups is 1. The number of rotatable bonds is 2. The first kappa shape index (κ1) is 19.2. The number of nitrogens with one attached hydrogen (secondary N) is 2. The van der Waals surface area contributed by atoms with Crippen molar-refractivity contribution >= 4 is 51.5 Å². The van der Waals surface area contributed by atoms with Crippen LogP contribution >= 0.6 is 24.0 Å². The van der Waals surface area contributed by atoms with Crippen LogP contribution in [0.5, 0.6) is 0 Å². The van der Waals surface area contributed by atoms with Crippen molar-refractivity contribution in [2.24, 2.45) is 0 Å². The largest absolute Gasteiger partial charge is 0.324 e. The van der Waals surface area contributed by atoms with Crippen molar-refractivity contribution in [2.45, 2.75) is 16.2 Å². The van der Waals surface area contributed by atoms with Crippen molar-refractivity contribution in [2.75, 3.05) is 18.9 Å². The predicted octanol–water partition coefficient (Wildman–Crippen LogP) is 2.36. The summed E-state index contributed by atoms with van der Waals surface area (Å²) in [5.41, 5.74) is 0.856. The molecule has 30 heavy (non-hydrogen) atoms. The van der Waals surface area contributed by atoms with Crippen molar-refractivity contribution < 1.29 is 14.5 Å². The van der Waals surface area contributed by atoms with E-state index >= 15 is 0 Å². The number of amides is 2. The highest BCUT2D eigenvalue weighted by Gasteiger charge is 2.76. The number of fused-ring (bicyclic) bond motifs is 3. The zero-order chi connectivity index (χ0) is 21.3. The van der Waals surface area contributed by atoms with E-state index in [0.717, 1.165) is 11.1 Å². The van der Waals surface area contributed by atoms with E-state index in [1.165, 1.54) is 23.9 Å². The first-order valence-corrected chi connectivity index (χ1v) is 10.5. The van der Waals surface area contributed by atoms with Gasteiger partial charge in [-0.25, -0.2) is 0 Å². The number of nitro groups is 1. The molecule has 2 aromatic rings. The molecule has 0 aliphatic carbocycles. The first-order chi connectivity index (χ1) is 14.3. The van der Waals surface area contributed by atoms with E-state index in [1.807, 2.05) is 36.2 Å². The fraction of sp³-hybridized carbons (Fsp3) is 0.250. The van der Waals surface area contributed by atoms with Crippen molar-refractivity contribution in [1.29, 1.82) is 0 Å². The van der Waals surface area contributed by atoms with Crippen LogP contribution in [0.3, 0.4) is 0 Å². The molecule has 0 aromatic heterocycles. The minimum Gasteiger partial charge on any atom is -0.324 e. The Bertz CT molecular complexity index is 1140. The zero-order valence-electron chi connectivity index (χ0n) is 15.7. The lowest BCUT2D eigenvalue weighted by Crippen LogP contribution is -2.61. The second-order valence-corrected chi connectivity index (χ2v) is 9.49. The molecule has 10 heteroatoms. The second kappa shape index (κ2) is 6.34. The van der Waals surface area contributed by atoms with Gasteiger partial charge in [0.15, 0.2) is 5.54 Å². The third-order valence-corrected chi connectivity index (χ3v) is 7.99. The number of thioether (sulfide) groups is 1. The molecule has 3 aliphatic rings. The SMILES string of the molecule is CN1C[C@H](c2ccc([N+](=O)[O-])cc2)[C@]2(SC(=S)NC2=O)[C@]12C(=O)Nc1ccccc12. The van der Waals surface area contributed by atoms with Crippen LogP contribution in [0.4, 0.5) is 11.4 Å². The lowest BCUT2D eigenvalue weighted by atomic mass is 9.72. The maximum atomic E-state index is 13.5. The van der Waals surface area contributed by atoms with E-state index in [9.17, 15) is 19.7 Å². The number of carbonyl (C=O) groups is 2. The molecule has 3 atom stereocenters. The number of likely N-dealkylation sites (tertiary alicyclic amines) is 1. The minimum absolute atomic E-state index is 0.0307. The normalized spacial score (nSPS) is 30.0. The number of carbonyl (C=O) groups excluding carboxylic acids is 2. The molecule has 2 saturated heterocycles. The van der Waals surface area contributed by atoms with Crippen LogP contribution in [0.2, 0.25) is 0 Å². The summed E-state index contributed by atoms with van der Waals surface area (Å²) in [6, 6.07) is 13.5. The summed E-state index contributed by atoms with van der Waals surface area (Å²) in [5, 5.41) is 16.8. The molecule has 0 saturated carbocycles. The molecule has 3 heterocycles. The maximum absolute atomic E-state index is 13.5. The Morgan fingerprint density at radius 3 is 2.47 bits per heavy atom. The van der Waals surface area contributed by atoms with Crippen LogP contribution in [-0.4, -0.2) is 44.3 Å². The number of benzene rings is 2. The average molecular weight is 441 g/mol. The number of non-ortho nitro benzene ring substituents is 1. The summed E-state index contributed by atoms with van der Waals surface area (Å²) < 4.78 is -0.926. The summed E-state index contributed by atoms with van der Waals surface area (Å²) >= 11 is 6.55. The summed E-state index contributed by atoms with van der Waals surface area (Å²) in [7, 11) is 1.82. The van der Waals surface area contributed by atoms with Gasteiger partial charge < -0.3 is 10.6 Å².